The summed E-state index contributed by atoms with van der Waals surface area (Å²) in [5.74, 6) is 0.226. The fraction of sp³-hybridized carbons (Fsp3) is 0.889. The zero-order chi connectivity index (χ0) is 9.84. The van der Waals surface area contributed by atoms with E-state index in [2.05, 4.69) is 4.74 Å². The lowest BCUT2D eigenvalue weighted by atomic mass is 10.00. The van der Waals surface area contributed by atoms with Crippen LogP contribution in [0.3, 0.4) is 0 Å². The van der Waals surface area contributed by atoms with Crippen molar-refractivity contribution < 1.29 is 14.6 Å². The average Bonchev–Trinajstić information content (AvgIpc) is 2.64. The topological polar surface area (TPSA) is 49.8 Å². The van der Waals surface area contributed by atoms with Crippen LogP contribution in [-0.4, -0.2) is 42.4 Å². The summed E-state index contributed by atoms with van der Waals surface area (Å²) in [5.41, 5.74) is 0. The molecule has 76 valence electrons. The Morgan fingerprint density at radius 2 is 2.46 bits per heavy atom. The molecule has 0 radical (unpaired) electrons. The Morgan fingerprint density at radius 1 is 1.77 bits per heavy atom. The number of hydrogen-bond acceptors (Lipinski definition) is 3. The molecule has 0 bridgehead atoms. The molecule has 0 aromatic rings. The Bertz CT molecular complexity index is 184. The van der Waals surface area contributed by atoms with Crippen molar-refractivity contribution >= 4 is 6.09 Å². The molecular weight excluding hydrogens is 170 g/mol. The standard InChI is InChI=1S/C9H17NO3/c1-3-8(11)7-4-5-10(6-7)9(12)13-2/h7-8,11H,3-6H2,1-2H3. The van der Waals surface area contributed by atoms with Crippen molar-refractivity contribution in [1.82, 2.24) is 4.90 Å². The molecule has 1 amide bonds. The first-order valence-corrected chi connectivity index (χ1v) is 4.70. The molecule has 1 saturated heterocycles. The summed E-state index contributed by atoms with van der Waals surface area (Å²) in [6.45, 7) is 3.28. The van der Waals surface area contributed by atoms with Gasteiger partial charge < -0.3 is 14.7 Å². The number of aliphatic hydroxyl groups is 1. The Balaban J connectivity index is 2.40. The molecule has 0 aliphatic carbocycles. The zero-order valence-corrected chi connectivity index (χ0v) is 8.19. The molecule has 1 rings (SSSR count). The Kier molecular flexibility index (Phi) is 3.54. The molecule has 1 fully saturated rings. The predicted molar refractivity (Wildman–Crippen MR) is 48.4 cm³/mol. The van der Waals surface area contributed by atoms with Crippen LogP contribution in [-0.2, 0) is 4.74 Å². The lowest BCUT2D eigenvalue weighted by Crippen LogP contribution is -2.30. The predicted octanol–water partition coefficient (Wildman–Crippen LogP) is 0.846. The lowest BCUT2D eigenvalue weighted by Gasteiger charge is -2.17. The monoisotopic (exact) mass is 187 g/mol. The van der Waals surface area contributed by atoms with Crippen molar-refractivity contribution in [2.45, 2.75) is 25.9 Å². The van der Waals surface area contributed by atoms with Gasteiger partial charge in [0.1, 0.15) is 0 Å². The summed E-state index contributed by atoms with van der Waals surface area (Å²) >= 11 is 0. The number of carbonyl (C=O) groups excluding carboxylic acids is 1. The second kappa shape index (κ2) is 4.46. The highest BCUT2D eigenvalue weighted by molar-refractivity contribution is 5.67. The van der Waals surface area contributed by atoms with Crippen molar-refractivity contribution in [2.75, 3.05) is 20.2 Å². The Hall–Kier alpha value is -0.770. The number of likely N-dealkylation sites (tertiary alicyclic amines) is 1. The van der Waals surface area contributed by atoms with Crippen LogP contribution in [0.15, 0.2) is 0 Å². The van der Waals surface area contributed by atoms with E-state index in [1.807, 2.05) is 6.92 Å². The summed E-state index contributed by atoms with van der Waals surface area (Å²) in [4.78, 5) is 12.7. The number of nitrogens with zero attached hydrogens (tertiary/aromatic N) is 1. The molecule has 0 saturated carbocycles. The van der Waals surface area contributed by atoms with Crippen molar-refractivity contribution in [3.8, 4) is 0 Å². The molecule has 1 aliphatic rings. The molecule has 1 aliphatic heterocycles. The minimum absolute atomic E-state index is 0.226. The van der Waals surface area contributed by atoms with Gasteiger partial charge in [-0.25, -0.2) is 4.79 Å². The summed E-state index contributed by atoms with van der Waals surface area (Å²) in [5, 5.41) is 9.55. The molecule has 4 nitrogen and oxygen atoms in total. The molecule has 4 heteroatoms. The maximum absolute atomic E-state index is 11.1. The fourth-order valence-corrected chi connectivity index (χ4v) is 1.73. The van der Waals surface area contributed by atoms with Gasteiger partial charge in [0.2, 0.25) is 0 Å². The van der Waals surface area contributed by atoms with Crippen molar-refractivity contribution in [2.24, 2.45) is 5.92 Å². The molecule has 1 N–H and O–H groups in total. The number of methoxy groups -OCH3 is 1. The Labute approximate surface area is 78.5 Å². The molecule has 2 atom stereocenters. The summed E-state index contributed by atoms with van der Waals surface area (Å²) in [7, 11) is 1.38. The lowest BCUT2D eigenvalue weighted by molar-refractivity contribution is 0.0996. The third-order valence-electron chi connectivity index (χ3n) is 2.62. The summed E-state index contributed by atoms with van der Waals surface area (Å²) < 4.78 is 4.60. The highest BCUT2D eigenvalue weighted by Gasteiger charge is 2.30. The van der Waals surface area contributed by atoms with Crippen LogP contribution < -0.4 is 0 Å². The van der Waals surface area contributed by atoms with Gasteiger partial charge in [0.05, 0.1) is 13.2 Å². The number of carbonyl (C=O) groups is 1. The van der Waals surface area contributed by atoms with Crippen LogP contribution in [0.5, 0.6) is 0 Å². The third-order valence-corrected chi connectivity index (χ3v) is 2.62. The van der Waals surface area contributed by atoms with Gasteiger partial charge in [0.25, 0.3) is 0 Å². The van der Waals surface area contributed by atoms with E-state index in [1.54, 1.807) is 4.90 Å². The molecule has 1 heterocycles. The average molecular weight is 187 g/mol. The highest BCUT2D eigenvalue weighted by Crippen LogP contribution is 2.21. The molecule has 0 aromatic heterocycles. The van der Waals surface area contributed by atoms with E-state index in [-0.39, 0.29) is 18.1 Å². The van der Waals surface area contributed by atoms with Crippen LogP contribution in [0.2, 0.25) is 0 Å². The van der Waals surface area contributed by atoms with Gasteiger partial charge in [-0.1, -0.05) is 6.92 Å². The summed E-state index contributed by atoms with van der Waals surface area (Å²) in [6, 6.07) is 0. The van der Waals surface area contributed by atoms with Crippen LogP contribution in [0.1, 0.15) is 19.8 Å². The van der Waals surface area contributed by atoms with Gasteiger partial charge >= 0.3 is 6.09 Å². The van der Waals surface area contributed by atoms with Crippen LogP contribution in [0, 0.1) is 5.92 Å². The van der Waals surface area contributed by atoms with E-state index in [9.17, 15) is 9.90 Å². The maximum atomic E-state index is 11.1. The SMILES string of the molecule is CCC(O)C1CCN(C(=O)OC)C1. The minimum atomic E-state index is -0.286. The molecule has 13 heavy (non-hydrogen) atoms. The molecule has 2 unspecified atom stereocenters. The smallest absolute Gasteiger partial charge is 0.409 e. The van der Waals surface area contributed by atoms with Crippen molar-refractivity contribution in [1.29, 1.82) is 0 Å². The van der Waals surface area contributed by atoms with Gasteiger partial charge in [0, 0.05) is 19.0 Å². The van der Waals surface area contributed by atoms with Gasteiger partial charge in [-0.2, -0.15) is 0 Å². The van der Waals surface area contributed by atoms with Gasteiger partial charge in [-0.15, -0.1) is 0 Å². The second-order valence-electron chi connectivity index (χ2n) is 3.44. The van der Waals surface area contributed by atoms with E-state index >= 15 is 0 Å². The number of aliphatic hydroxyl groups excluding tert-OH is 1. The first-order chi connectivity index (χ1) is 6.19. The van der Waals surface area contributed by atoms with E-state index in [1.165, 1.54) is 7.11 Å². The van der Waals surface area contributed by atoms with Crippen molar-refractivity contribution in [3.05, 3.63) is 0 Å². The molecule has 0 spiro atoms. The van der Waals surface area contributed by atoms with Crippen LogP contribution in [0.4, 0.5) is 4.79 Å². The number of hydrogen-bond donors (Lipinski definition) is 1. The number of rotatable bonds is 2. The highest BCUT2D eigenvalue weighted by atomic mass is 16.5. The van der Waals surface area contributed by atoms with Gasteiger partial charge in [0.15, 0.2) is 0 Å². The van der Waals surface area contributed by atoms with Crippen LogP contribution >= 0.6 is 0 Å². The zero-order valence-electron chi connectivity index (χ0n) is 8.19. The maximum Gasteiger partial charge on any atom is 0.409 e. The fourth-order valence-electron chi connectivity index (χ4n) is 1.73. The first-order valence-electron chi connectivity index (χ1n) is 4.70. The van der Waals surface area contributed by atoms with Crippen molar-refractivity contribution in [3.63, 3.8) is 0 Å². The van der Waals surface area contributed by atoms with E-state index in [0.717, 1.165) is 12.8 Å². The first kappa shape index (κ1) is 10.3. The molecule has 0 aromatic carbocycles. The third kappa shape index (κ3) is 2.34. The van der Waals surface area contributed by atoms with Crippen LogP contribution in [0.25, 0.3) is 0 Å². The summed E-state index contributed by atoms with van der Waals surface area (Å²) in [6.07, 6.45) is 1.06. The normalized spacial score (nSPS) is 24.5. The number of ether oxygens (including phenoxy) is 1. The van der Waals surface area contributed by atoms with E-state index in [0.29, 0.717) is 13.1 Å². The van der Waals surface area contributed by atoms with E-state index < -0.39 is 0 Å². The molecular formula is C9H17NO3. The largest absolute Gasteiger partial charge is 0.453 e. The van der Waals surface area contributed by atoms with Gasteiger partial charge in [-0.05, 0) is 12.8 Å². The quantitative estimate of drug-likeness (QED) is 0.697. The van der Waals surface area contributed by atoms with Gasteiger partial charge in [-0.3, -0.25) is 0 Å². The Morgan fingerprint density at radius 3 is 3.00 bits per heavy atom. The minimum Gasteiger partial charge on any atom is -0.453 e. The second-order valence-corrected chi connectivity index (χ2v) is 3.44. The number of amides is 1. The van der Waals surface area contributed by atoms with E-state index in [4.69, 9.17) is 0 Å².